The molecular weight excluding hydrogens is 358 g/mol. The Balaban J connectivity index is 1.43. The number of ether oxygens (including phenoxy) is 3. The van der Waals surface area contributed by atoms with Gasteiger partial charge < -0.3 is 24.8 Å². The largest absolute Gasteiger partial charge is 0.496 e. The van der Waals surface area contributed by atoms with E-state index in [1.165, 1.54) is 0 Å². The first kappa shape index (κ1) is 17.7. The van der Waals surface area contributed by atoms with Gasteiger partial charge in [-0.05, 0) is 30.3 Å². The highest BCUT2D eigenvalue weighted by molar-refractivity contribution is 5.94. The van der Waals surface area contributed by atoms with E-state index in [4.69, 9.17) is 14.2 Å². The fourth-order valence-electron chi connectivity index (χ4n) is 2.89. The third-order valence-corrected chi connectivity index (χ3v) is 4.30. The van der Waals surface area contributed by atoms with Gasteiger partial charge in [0.25, 0.3) is 5.91 Å². The zero-order valence-corrected chi connectivity index (χ0v) is 15.3. The zero-order valence-electron chi connectivity index (χ0n) is 15.3. The molecule has 1 aliphatic rings. The molecule has 0 unspecified atom stereocenters. The third kappa shape index (κ3) is 3.83. The zero-order chi connectivity index (χ0) is 19.3. The minimum atomic E-state index is -0.193. The molecule has 7 nitrogen and oxygen atoms in total. The summed E-state index contributed by atoms with van der Waals surface area (Å²) in [7, 11) is 1.61. The quantitative estimate of drug-likeness (QED) is 0.684. The van der Waals surface area contributed by atoms with Gasteiger partial charge in [-0.15, -0.1) is 0 Å². The van der Waals surface area contributed by atoms with E-state index in [0.29, 0.717) is 29.4 Å². The van der Waals surface area contributed by atoms with Crippen LogP contribution in [0.25, 0.3) is 0 Å². The number of anilines is 2. The molecule has 0 fully saturated rings. The van der Waals surface area contributed by atoms with E-state index < -0.39 is 0 Å². The number of nitrogens with one attached hydrogen (secondary N) is 2. The Bertz CT molecular complexity index is 1010. The molecule has 4 rings (SSSR count). The highest BCUT2D eigenvalue weighted by atomic mass is 16.7. The monoisotopic (exact) mass is 377 g/mol. The van der Waals surface area contributed by atoms with Crippen LogP contribution < -0.4 is 24.8 Å². The minimum Gasteiger partial charge on any atom is -0.496 e. The van der Waals surface area contributed by atoms with Gasteiger partial charge in [-0.25, -0.2) is 4.98 Å². The molecule has 1 aromatic heterocycles. The first-order chi connectivity index (χ1) is 13.7. The topological polar surface area (TPSA) is 81.7 Å². The molecule has 0 saturated carbocycles. The predicted octanol–water partition coefficient (Wildman–Crippen LogP) is 3.49. The number of pyridine rings is 1. The third-order valence-electron chi connectivity index (χ3n) is 4.30. The molecule has 0 bridgehead atoms. The van der Waals surface area contributed by atoms with Crippen molar-refractivity contribution in [1.29, 1.82) is 0 Å². The Hall–Kier alpha value is -3.74. The van der Waals surface area contributed by atoms with Gasteiger partial charge in [0.1, 0.15) is 11.6 Å². The van der Waals surface area contributed by atoms with Crippen molar-refractivity contribution in [1.82, 2.24) is 10.3 Å². The molecule has 2 heterocycles. The first-order valence-electron chi connectivity index (χ1n) is 8.76. The Morgan fingerprint density at radius 3 is 2.86 bits per heavy atom. The fraction of sp³-hybridized carbons (Fsp3) is 0.143. The molecule has 0 aliphatic carbocycles. The highest BCUT2D eigenvalue weighted by Gasteiger charge is 2.14. The van der Waals surface area contributed by atoms with Crippen LogP contribution in [0.3, 0.4) is 0 Å². The van der Waals surface area contributed by atoms with Gasteiger partial charge in [-0.1, -0.05) is 18.2 Å². The number of rotatable bonds is 6. The average molecular weight is 377 g/mol. The maximum absolute atomic E-state index is 12.5. The van der Waals surface area contributed by atoms with Gasteiger partial charge in [-0.3, -0.25) is 4.79 Å². The van der Waals surface area contributed by atoms with Gasteiger partial charge in [0, 0.05) is 35.6 Å². The average Bonchev–Trinajstić information content (AvgIpc) is 3.20. The minimum absolute atomic E-state index is 0.193. The van der Waals surface area contributed by atoms with E-state index in [9.17, 15) is 4.79 Å². The summed E-state index contributed by atoms with van der Waals surface area (Å²) in [6.45, 7) is 0.592. The summed E-state index contributed by atoms with van der Waals surface area (Å²) in [5.41, 5.74) is 2.21. The lowest BCUT2D eigenvalue weighted by Crippen LogP contribution is -2.23. The predicted molar refractivity (Wildman–Crippen MR) is 104 cm³/mol. The van der Waals surface area contributed by atoms with Gasteiger partial charge in [-0.2, -0.15) is 0 Å². The summed E-state index contributed by atoms with van der Waals surface area (Å²) >= 11 is 0. The van der Waals surface area contributed by atoms with Crippen molar-refractivity contribution in [2.45, 2.75) is 6.54 Å². The molecule has 3 aromatic rings. The molecule has 0 spiro atoms. The maximum atomic E-state index is 12.5. The van der Waals surface area contributed by atoms with E-state index in [1.54, 1.807) is 25.4 Å². The Morgan fingerprint density at radius 2 is 1.96 bits per heavy atom. The normalized spacial score (nSPS) is 11.8. The van der Waals surface area contributed by atoms with Gasteiger partial charge >= 0.3 is 0 Å². The molecule has 142 valence electrons. The van der Waals surface area contributed by atoms with Crippen LogP contribution in [-0.4, -0.2) is 24.8 Å². The summed E-state index contributed by atoms with van der Waals surface area (Å²) in [5, 5.41) is 6.08. The van der Waals surface area contributed by atoms with Crippen molar-refractivity contribution < 1.29 is 19.0 Å². The number of carbonyl (C=O) groups is 1. The van der Waals surface area contributed by atoms with Gasteiger partial charge in [0.2, 0.25) is 6.79 Å². The molecular formula is C21H19N3O4. The van der Waals surface area contributed by atoms with Crippen LogP contribution in [0, 0.1) is 0 Å². The van der Waals surface area contributed by atoms with Crippen molar-refractivity contribution in [3.63, 3.8) is 0 Å². The number of carbonyl (C=O) groups excluding carboxylic acids is 1. The number of para-hydroxylation sites is 1. The molecule has 0 radical (unpaired) electrons. The summed E-state index contributed by atoms with van der Waals surface area (Å²) < 4.78 is 16.0. The number of benzene rings is 2. The van der Waals surface area contributed by atoms with Crippen molar-refractivity contribution in [3.8, 4) is 17.2 Å². The van der Waals surface area contributed by atoms with E-state index in [0.717, 1.165) is 17.0 Å². The lowest BCUT2D eigenvalue weighted by atomic mass is 10.2. The molecule has 2 aromatic carbocycles. The molecule has 0 saturated heterocycles. The summed E-state index contributed by atoms with van der Waals surface area (Å²) in [6, 6.07) is 16.5. The highest BCUT2D eigenvalue weighted by Crippen LogP contribution is 2.34. The second kappa shape index (κ2) is 7.87. The molecule has 1 amide bonds. The summed E-state index contributed by atoms with van der Waals surface area (Å²) in [4.78, 5) is 16.8. The number of nitrogens with zero attached hydrogens (tertiary/aromatic N) is 1. The van der Waals surface area contributed by atoms with Crippen LogP contribution >= 0.6 is 0 Å². The fourth-order valence-corrected chi connectivity index (χ4v) is 2.89. The summed E-state index contributed by atoms with van der Waals surface area (Å²) in [6.07, 6.45) is 1.59. The maximum Gasteiger partial charge on any atom is 0.251 e. The number of methoxy groups -OCH3 is 1. The number of fused-ring (bicyclic) bond motifs is 1. The van der Waals surface area contributed by atoms with E-state index in [1.807, 2.05) is 42.5 Å². The number of amides is 1. The smallest absolute Gasteiger partial charge is 0.251 e. The first-order valence-corrected chi connectivity index (χ1v) is 8.76. The lowest BCUT2D eigenvalue weighted by molar-refractivity contribution is 0.0950. The standard InChI is InChI=1S/C21H19N3O4/c1-26-17-5-3-2-4-15(17)12-23-21(25)14-8-9-22-20(10-14)24-16-6-7-18-19(11-16)28-13-27-18/h2-11H,12-13H2,1H3,(H,22,24)(H,23,25). The SMILES string of the molecule is COc1ccccc1CNC(=O)c1ccnc(Nc2ccc3c(c2)OCO3)c1. The van der Waals surface area contributed by atoms with Crippen LogP contribution in [0.1, 0.15) is 15.9 Å². The Labute approximate surface area is 162 Å². The molecule has 7 heteroatoms. The van der Waals surface area contributed by atoms with Crippen LogP contribution in [0.15, 0.2) is 60.8 Å². The van der Waals surface area contributed by atoms with E-state index >= 15 is 0 Å². The molecule has 28 heavy (non-hydrogen) atoms. The van der Waals surface area contributed by atoms with Gasteiger partial charge in [0.05, 0.1) is 7.11 Å². The van der Waals surface area contributed by atoms with Gasteiger partial charge in [0.15, 0.2) is 11.5 Å². The van der Waals surface area contributed by atoms with Crippen LogP contribution in [-0.2, 0) is 6.54 Å². The molecule has 1 aliphatic heterocycles. The number of aromatic nitrogens is 1. The second-order valence-electron chi connectivity index (χ2n) is 6.12. The van der Waals surface area contributed by atoms with Crippen LogP contribution in [0.2, 0.25) is 0 Å². The van der Waals surface area contributed by atoms with Crippen molar-refractivity contribution >= 4 is 17.4 Å². The lowest BCUT2D eigenvalue weighted by Gasteiger charge is -2.11. The summed E-state index contributed by atoms with van der Waals surface area (Å²) in [5.74, 6) is 2.49. The van der Waals surface area contributed by atoms with Crippen molar-refractivity contribution in [3.05, 3.63) is 71.9 Å². The van der Waals surface area contributed by atoms with Crippen LogP contribution in [0.4, 0.5) is 11.5 Å². The van der Waals surface area contributed by atoms with E-state index in [2.05, 4.69) is 15.6 Å². The molecule has 0 atom stereocenters. The number of hydrogen-bond donors (Lipinski definition) is 2. The van der Waals surface area contributed by atoms with E-state index in [-0.39, 0.29) is 12.7 Å². The van der Waals surface area contributed by atoms with Crippen molar-refractivity contribution in [2.24, 2.45) is 0 Å². The van der Waals surface area contributed by atoms with Crippen molar-refractivity contribution in [2.75, 3.05) is 19.2 Å². The van der Waals surface area contributed by atoms with Crippen LogP contribution in [0.5, 0.6) is 17.2 Å². The Morgan fingerprint density at radius 1 is 1.11 bits per heavy atom. The number of hydrogen-bond acceptors (Lipinski definition) is 6. The Kier molecular flexibility index (Phi) is 4.97. The second-order valence-corrected chi connectivity index (χ2v) is 6.12. The molecule has 2 N–H and O–H groups in total.